The van der Waals surface area contributed by atoms with Gasteiger partial charge in [-0.3, -0.25) is 0 Å². The van der Waals surface area contributed by atoms with Gasteiger partial charge in [0.2, 0.25) is 0 Å². The van der Waals surface area contributed by atoms with Crippen LogP contribution in [0.15, 0.2) is 121 Å². The van der Waals surface area contributed by atoms with E-state index >= 15 is 0 Å². The van der Waals surface area contributed by atoms with Crippen LogP contribution in [-0.4, -0.2) is 14.4 Å². The Morgan fingerprint density at radius 2 is 1.06 bits per heavy atom. The van der Waals surface area contributed by atoms with Gasteiger partial charge in [-0.2, -0.15) is 0 Å². The topological polar surface area (TPSA) is 30.2 Å². The summed E-state index contributed by atoms with van der Waals surface area (Å²) in [5.74, 6) is 0. The van der Waals surface area contributed by atoms with Gasteiger partial charge in [0.1, 0.15) is 5.65 Å². The largest absolute Gasteiger partial charge is 0.304 e. The molecule has 0 amide bonds. The van der Waals surface area contributed by atoms with Crippen LogP contribution in [0.3, 0.4) is 0 Å². The van der Waals surface area contributed by atoms with Gasteiger partial charge in [-0.25, -0.2) is 9.97 Å². The minimum absolute atomic E-state index is 0.957. The van der Waals surface area contributed by atoms with Crippen molar-refractivity contribution in [1.82, 2.24) is 14.4 Å². The summed E-state index contributed by atoms with van der Waals surface area (Å²) in [6.07, 6.45) is 2.06. The normalized spacial score (nSPS) is 11.1. The van der Waals surface area contributed by atoms with E-state index < -0.39 is 0 Å². The molecule has 3 heterocycles. The predicted octanol–water partition coefficient (Wildman–Crippen LogP) is 7.71. The van der Waals surface area contributed by atoms with Crippen molar-refractivity contribution in [2.45, 2.75) is 6.92 Å². The Morgan fingerprint density at radius 1 is 0.500 bits per heavy atom. The van der Waals surface area contributed by atoms with Gasteiger partial charge in [0.15, 0.2) is 0 Å². The lowest BCUT2D eigenvalue weighted by atomic mass is 9.99. The second kappa shape index (κ2) is 8.45. The molecule has 3 aromatic heterocycles. The number of aryl methyl sites for hydroxylation is 1. The van der Waals surface area contributed by atoms with Crippen molar-refractivity contribution in [3.8, 4) is 44.9 Å². The van der Waals surface area contributed by atoms with Gasteiger partial charge in [-0.1, -0.05) is 91.0 Å². The second-order valence-corrected chi connectivity index (χ2v) is 8.41. The number of benzene rings is 3. The molecule has 0 bridgehead atoms. The first-order chi connectivity index (χ1) is 16.8. The van der Waals surface area contributed by atoms with Gasteiger partial charge in [-0.15, -0.1) is 0 Å². The van der Waals surface area contributed by atoms with Crippen molar-refractivity contribution in [2.75, 3.05) is 0 Å². The number of aromatic nitrogens is 3. The predicted molar refractivity (Wildman–Crippen MR) is 139 cm³/mol. The lowest BCUT2D eigenvalue weighted by molar-refractivity contribution is 1.11. The highest BCUT2D eigenvalue weighted by Gasteiger charge is 2.12. The zero-order chi connectivity index (χ0) is 22.9. The Hall–Kier alpha value is -4.50. The number of imidazole rings is 1. The average Bonchev–Trinajstić information content (AvgIpc) is 3.26. The quantitative estimate of drug-likeness (QED) is 0.283. The van der Waals surface area contributed by atoms with E-state index in [0.717, 1.165) is 50.7 Å². The van der Waals surface area contributed by atoms with Crippen molar-refractivity contribution in [2.24, 2.45) is 0 Å². The number of nitrogens with zero attached hydrogens (tertiary/aromatic N) is 3. The zero-order valence-corrected chi connectivity index (χ0v) is 18.9. The molecule has 0 radical (unpaired) electrons. The van der Waals surface area contributed by atoms with Crippen LogP contribution >= 0.6 is 0 Å². The molecule has 0 spiro atoms. The molecule has 0 aliphatic rings. The van der Waals surface area contributed by atoms with E-state index in [1.54, 1.807) is 0 Å². The van der Waals surface area contributed by atoms with Crippen LogP contribution in [0.4, 0.5) is 0 Å². The Kier molecular flexibility index (Phi) is 5.00. The molecule has 6 rings (SSSR count). The molecule has 3 heteroatoms. The van der Waals surface area contributed by atoms with Crippen LogP contribution in [0.25, 0.3) is 50.5 Å². The summed E-state index contributed by atoms with van der Waals surface area (Å²) in [7, 11) is 0. The number of hydrogen-bond acceptors (Lipinski definition) is 2. The highest BCUT2D eigenvalue weighted by molar-refractivity contribution is 5.77. The van der Waals surface area contributed by atoms with Gasteiger partial charge in [0, 0.05) is 28.6 Å². The summed E-state index contributed by atoms with van der Waals surface area (Å²) < 4.78 is 2.13. The first-order valence-corrected chi connectivity index (χ1v) is 11.4. The highest BCUT2D eigenvalue weighted by Crippen LogP contribution is 2.32. The number of pyridine rings is 2. The fourth-order valence-electron chi connectivity index (χ4n) is 4.42. The number of hydrogen-bond donors (Lipinski definition) is 0. The summed E-state index contributed by atoms with van der Waals surface area (Å²) in [6, 6.07) is 39.8. The van der Waals surface area contributed by atoms with E-state index in [0.29, 0.717) is 0 Å². The SMILES string of the molecule is Cc1c(-c2ccc(-c3cc(-c4ccccc4)cc(-c4ccccc4)n3)cc2)nc2ccccn12. The summed E-state index contributed by atoms with van der Waals surface area (Å²) in [6.45, 7) is 2.11. The van der Waals surface area contributed by atoms with Crippen LogP contribution in [0.2, 0.25) is 0 Å². The maximum Gasteiger partial charge on any atom is 0.137 e. The maximum atomic E-state index is 5.03. The van der Waals surface area contributed by atoms with E-state index in [-0.39, 0.29) is 0 Å². The molecule has 0 aliphatic carbocycles. The molecular formula is C31H23N3. The second-order valence-electron chi connectivity index (χ2n) is 8.41. The number of rotatable bonds is 4. The molecule has 6 aromatic rings. The lowest BCUT2D eigenvalue weighted by Gasteiger charge is -2.11. The Labute approximate surface area is 199 Å². The van der Waals surface area contributed by atoms with E-state index in [1.165, 1.54) is 5.56 Å². The smallest absolute Gasteiger partial charge is 0.137 e. The van der Waals surface area contributed by atoms with Gasteiger partial charge < -0.3 is 4.40 Å². The van der Waals surface area contributed by atoms with Crippen LogP contribution in [0.1, 0.15) is 5.69 Å². The van der Waals surface area contributed by atoms with Crippen molar-refractivity contribution in [1.29, 1.82) is 0 Å². The van der Waals surface area contributed by atoms with Crippen molar-refractivity contribution < 1.29 is 0 Å². The Bertz CT molecular complexity index is 1520. The summed E-state index contributed by atoms with van der Waals surface area (Å²) in [4.78, 5) is 9.87. The molecular weight excluding hydrogens is 414 g/mol. The lowest BCUT2D eigenvalue weighted by Crippen LogP contribution is -1.91. The van der Waals surface area contributed by atoms with Crippen LogP contribution < -0.4 is 0 Å². The van der Waals surface area contributed by atoms with Crippen molar-refractivity contribution in [3.05, 3.63) is 127 Å². The molecule has 3 nitrogen and oxygen atoms in total. The molecule has 0 saturated carbocycles. The van der Waals surface area contributed by atoms with Crippen LogP contribution in [0.5, 0.6) is 0 Å². The van der Waals surface area contributed by atoms with Gasteiger partial charge in [0.25, 0.3) is 0 Å². The molecule has 162 valence electrons. The Morgan fingerprint density at radius 3 is 1.71 bits per heavy atom. The molecule has 0 N–H and O–H groups in total. The standard InChI is InChI=1S/C31H23N3/c1-22-31(33-30-14-8-9-19-34(22)30)26-17-15-25(16-18-26)29-21-27(23-10-4-2-5-11-23)20-28(32-29)24-12-6-3-7-13-24/h2-21H,1H3. The number of fused-ring (bicyclic) bond motifs is 1. The van der Waals surface area contributed by atoms with E-state index in [2.05, 4.69) is 102 Å². The minimum atomic E-state index is 0.957. The van der Waals surface area contributed by atoms with E-state index in [4.69, 9.17) is 9.97 Å². The third-order valence-corrected chi connectivity index (χ3v) is 6.22. The van der Waals surface area contributed by atoms with Gasteiger partial charge >= 0.3 is 0 Å². The van der Waals surface area contributed by atoms with Crippen molar-refractivity contribution >= 4 is 5.65 Å². The fourth-order valence-corrected chi connectivity index (χ4v) is 4.42. The summed E-state index contributed by atoms with van der Waals surface area (Å²) >= 11 is 0. The van der Waals surface area contributed by atoms with Gasteiger partial charge in [-0.05, 0) is 42.3 Å². The third kappa shape index (κ3) is 3.67. The zero-order valence-electron chi connectivity index (χ0n) is 18.9. The van der Waals surface area contributed by atoms with E-state index in [9.17, 15) is 0 Å². The molecule has 0 fully saturated rings. The minimum Gasteiger partial charge on any atom is -0.304 e. The fraction of sp³-hybridized carbons (Fsp3) is 0.0323. The Balaban J connectivity index is 1.44. The molecule has 3 aromatic carbocycles. The molecule has 0 unspecified atom stereocenters. The van der Waals surface area contributed by atoms with Crippen molar-refractivity contribution in [3.63, 3.8) is 0 Å². The van der Waals surface area contributed by atoms with Crippen LogP contribution in [0, 0.1) is 6.92 Å². The molecule has 34 heavy (non-hydrogen) atoms. The van der Waals surface area contributed by atoms with Crippen LogP contribution in [-0.2, 0) is 0 Å². The monoisotopic (exact) mass is 437 g/mol. The first kappa shape index (κ1) is 20.1. The average molecular weight is 438 g/mol. The summed E-state index contributed by atoms with van der Waals surface area (Å²) in [5, 5.41) is 0. The third-order valence-electron chi connectivity index (χ3n) is 6.22. The highest BCUT2D eigenvalue weighted by atomic mass is 15.0. The summed E-state index contributed by atoms with van der Waals surface area (Å²) in [5.41, 5.74) is 10.7. The maximum absolute atomic E-state index is 5.03. The van der Waals surface area contributed by atoms with Gasteiger partial charge in [0.05, 0.1) is 17.1 Å². The molecule has 0 aliphatic heterocycles. The molecule has 0 saturated heterocycles. The van der Waals surface area contributed by atoms with E-state index in [1.807, 2.05) is 30.3 Å². The first-order valence-electron chi connectivity index (χ1n) is 11.4. The molecule has 0 atom stereocenters.